The minimum atomic E-state index is -0.224. The highest BCUT2D eigenvalue weighted by Crippen LogP contribution is 2.47. The third-order valence-corrected chi connectivity index (χ3v) is 8.15. The Morgan fingerprint density at radius 3 is 2.58 bits per heavy atom. The van der Waals surface area contributed by atoms with E-state index in [-0.39, 0.29) is 17.6 Å². The molecule has 5 aromatic rings. The molecular weight excluding hydrogens is 526 g/mol. The van der Waals surface area contributed by atoms with Crippen molar-refractivity contribution in [2.75, 3.05) is 18.0 Å². The second kappa shape index (κ2) is 9.17. The molecule has 3 atom stereocenters. The van der Waals surface area contributed by atoms with Crippen molar-refractivity contribution < 1.29 is 4.79 Å². The quantitative estimate of drug-likeness (QED) is 0.353. The fraction of sp³-hybridized carbons (Fsp3) is 0.241. The SMILES string of the molecule is Cc1ccc(Cl)c(C(=O)N[C@H]2[C@@H]3CN(c4ccc(-c5cc(-c6cnn(C)c6)cn6ncc(C#N)c56)cn4)C[C@@H]32)n1. The highest BCUT2D eigenvalue weighted by Gasteiger charge is 2.56. The van der Waals surface area contributed by atoms with Crippen LogP contribution in [0.4, 0.5) is 5.82 Å². The molecule has 10 nitrogen and oxygen atoms in total. The Balaban J connectivity index is 1.09. The molecule has 11 heteroatoms. The maximum absolute atomic E-state index is 12.7. The molecule has 198 valence electrons. The van der Waals surface area contributed by atoms with Gasteiger partial charge in [-0.2, -0.15) is 15.5 Å². The molecule has 1 saturated carbocycles. The number of anilines is 1. The number of amides is 1. The van der Waals surface area contributed by atoms with Gasteiger partial charge in [-0.05, 0) is 37.3 Å². The van der Waals surface area contributed by atoms with Gasteiger partial charge in [0, 0.05) is 84.6 Å². The minimum absolute atomic E-state index is 0.121. The molecule has 0 aromatic carbocycles. The Hall–Kier alpha value is -4.75. The number of halogens is 1. The number of carbonyl (C=O) groups is 1. The topological polar surface area (TPSA) is 117 Å². The van der Waals surface area contributed by atoms with E-state index in [0.29, 0.717) is 22.4 Å². The first kappa shape index (κ1) is 24.3. The number of aromatic nitrogens is 6. The molecule has 5 aromatic heterocycles. The average molecular weight is 550 g/mol. The monoisotopic (exact) mass is 549 g/mol. The van der Waals surface area contributed by atoms with Crippen molar-refractivity contribution in [2.45, 2.75) is 13.0 Å². The standard InChI is InChI=1S/C29H24ClN9O/c1-16-3-5-24(30)27(35-16)29(40)36-26-22-14-38(15-23(22)26)25-6-4-17(9-32-25)21-7-18(20-11-33-37(2)12-20)13-39-28(21)19(8-31)10-34-39/h3-7,9-13,22-23,26H,14-15H2,1-2H3,(H,36,40)/t22-,23+,26+. The van der Waals surface area contributed by atoms with Crippen LogP contribution in [0.3, 0.4) is 0 Å². The summed E-state index contributed by atoms with van der Waals surface area (Å²) in [5, 5.41) is 21.9. The molecule has 40 heavy (non-hydrogen) atoms. The number of pyridine rings is 3. The van der Waals surface area contributed by atoms with Gasteiger partial charge in [-0.3, -0.25) is 9.48 Å². The smallest absolute Gasteiger partial charge is 0.271 e. The summed E-state index contributed by atoms with van der Waals surface area (Å²) < 4.78 is 3.50. The third-order valence-electron chi connectivity index (χ3n) is 7.85. The Labute approximate surface area is 234 Å². The predicted molar refractivity (Wildman–Crippen MR) is 150 cm³/mol. The average Bonchev–Trinajstić information content (AvgIpc) is 3.41. The minimum Gasteiger partial charge on any atom is -0.356 e. The van der Waals surface area contributed by atoms with Crippen LogP contribution in [0.5, 0.6) is 0 Å². The van der Waals surface area contributed by atoms with Gasteiger partial charge in [0.15, 0.2) is 0 Å². The summed E-state index contributed by atoms with van der Waals surface area (Å²) in [4.78, 5) is 24.1. The van der Waals surface area contributed by atoms with Crippen LogP contribution < -0.4 is 10.2 Å². The number of carbonyl (C=O) groups excluding carboxylic acids is 1. The largest absolute Gasteiger partial charge is 0.356 e. The number of aryl methyl sites for hydroxylation is 2. The number of nitrogens with one attached hydrogen (secondary N) is 1. The Morgan fingerprint density at radius 1 is 1.05 bits per heavy atom. The van der Waals surface area contributed by atoms with E-state index in [4.69, 9.17) is 16.6 Å². The van der Waals surface area contributed by atoms with Crippen LogP contribution in [0.15, 0.2) is 61.3 Å². The van der Waals surface area contributed by atoms with Crippen LogP contribution in [-0.2, 0) is 7.05 Å². The Kier molecular flexibility index (Phi) is 5.57. The lowest BCUT2D eigenvalue weighted by Gasteiger charge is -2.21. The molecule has 0 bridgehead atoms. The molecule has 1 saturated heterocycles. The molecule has 0 unspecified atom stereocenters. The van der Waals surface area contributed by atoms with E-state index < -0.39 is 0 Å². The first-order valence-corrected chi connectivity index (χ1v) is 13.3. The molecular formula is C29H24ClN9O. The highest BCUT2D eigenvalue weighted by atomic mass is 35.5. The maximum atomic E-state index is 12.7. The second-order valence-electron chi connectivity index (χ2n) is 10.4. The molecule has 7 rings (SSSR count). The van der Waals surface area contributed by atoms with Crippen LogP contribution >= 0.6 is 11.6 Å². The van der Waals surface area contributed by atoms with Gasteiger partial charge in [0.2, 0.25) is 0 Å². The number of piperidine rings is 1. The number of hydrogen-bond acceptors (Lipinski definition) is 7. The lowest BCUT2D eigenvalue weighted by molar-refractivity contribution is 0.0942. The van der Waals surface area contributed by atoms with Gasteiger partial charge in [0.05, 0.1) is 28.5 Å². The third kappa shape index (κ3) is 4.06. The summed E-state index contributed by atoms with van der Waals surface area (Å²) in [6.45, 7) is 3.48. The van der Waals surface area contributed by atoms with Crippen LogP contribution in [-0.4, -0.2) is 54.4 Å². The zero-order valence-corrected chi connectivity index (χ0v) is 22.5. The van der Waals surface area contributed by atoms with Gasteiger partial charge in [0.1, 0.15) is 17.6 Å². The van der Waals surface area contributed by atoms with E-state index in [1.54, 1.807) is 33.7 Å². The first-order chi connectivity index (χ1) is 19.4. The number of hydrogen-bond donors (Lipinski definition) is 1. The van der Waals surface area contributed by atoms with E-state index in [9.17, 15) is 10.1 Å². The van der Waals surface area contributed by atoms with Crippen molar-refractivity contribution in [1.29, 1.82) is 5.26 Å². The number of nitriles is 1. The normalized spacial score (nSPS) is 19.4. The van der Waals surface area contributed by atoms with Gasteiger partial charge in [-0.25, -0.2) is 14.5 Å². The van der Waals surface area contributed by atoms with E-state index in [2.05, 4.69) is 37.5 Å². The van der Waals surface area contributed by atoms with Crippen molar-refractivity contribution >= 4 is 28.8 Å². The van der Waals surface area contributed by atoms with Crippen molar-refractivity contribution in [1.82, 2.24) is 34.7 Å². The van der Waals surface area contributed by atoms with Crippen LogP contribution in [0.2, 0.25) is 5.02 Å². The molecule has 1 aliphatic heterocycles. The summed E-state index contributed by atoms with van der Waals surface area (Å²) in [5.41, 5.74) is 5.97. The van der Waals surface area contributed by atoms with Crippen molar-refractivity contribution in [2.24, 2.45) is 18.9 Å². The molecule has 1 N–H and O–H groups in total. The van der Waals surface area contributed by atoms with E-state index >= 15 is 0 Å². The van der Waals surface area contributed by atoms with Crippen LogP contribution in [0, 0.1) is 30.1 Å². The van der Waals surface area contributed by atoms with Crippen molar-refractivity contribution in [3.05, 3.63) is 83.3 Å². The predicted octanol–water partition coefficient (Wildman–Crippen LogP) is 3.89. The summed E-state index contributed by atoms with van der Waals surface area (Å²) >= 11 is 6.19. The molecule has 2 fully saturated rings. The zero-order valence-electron chi connectivity index (χ0n) is 21.8. The Morgan fingerprint density at radius 2 is 1.88 bits per heavy atom. The van der Waals surface area contributed by atoms with E-state index in [1.807, 2.05) is 44.7 Å². The summed E-state index contributed by atoms with van der Waals surface area (Å²) in [6.07, 6.45) is 9.10. The summed E-state index contributed by atoms with van der Waals surface area (Å²) in [6, 6.07) is 12.0. The zero-order chi connectivity index (χ0) is 27.5. The molecule has 2 aliphatic rings. The molecule has 1 aliphatic carbocycles. The summed E-state index contributed by atoms with van der Waals surface area (Å²) in [7, 11) is 1.88. The van der Waals surface area contributed by atoms with E-state index in [1.165, 1.54) is 0 Å². The molecule has 6 heterocycles. The molecule has 1 amide bonds. The van der Waals surface area contributed by atoms with Crippen LogP contribution in [0.1, 0.15) is 21.7 Å². The number of rotatable bonds is 5. The van der Waals surface area contributed by atoms with E-state index in [0.717, 1.165) is 52.4 Å². The van der Waals surface area contributed by atoms with Gasteiger partial charge in [-0.15, -0.1) is 0 Å². The second-order valence-corrected chi connectivity index (χ2v) is 10.8. The van der Waals surface area contributed by atoms with Crippen molar-refractivity contribution in [3.8, 4) is 28.3 Å². The van der Waals surface area contributed by atoms with Gasteiger partial charge < -0.3 is 10.2 Å². The van der Waals surface area contributed by atoms with Gasteiger partial charge >= 0.3 is 0 Å². The fourth-order valence-corrected chi connectivity index (χ4v) is 5.92. The molecule has 0 radical (unpaired) electrons. The fourth-order valence-electron chi connectivity index (χ4n) is 5.73. The lowest BCUT2D eigenvalue weighted by atomic mass is 10.0. The Bertz CT molecular complexity index is 1820. The summed E-state index contributed by atoms with van der Waals surface area (Å²) in [5.74, 6) is 1.40. The molecule has 0 spiro atoms. The van der Waals surface area contributed by atoms with Gasteiger partial charge in [0.25, 0.3) is 5.91 Å². The maximum Gasteiger partial charge on any atom is 0.271 e. The number of fused-ring (bicyclic) bond motifs is 2. The lowest BCUT2D eigenvalue weighted by Crippen LogP contribution is -2.35. The van der Waals surface area contributed by atoms with Crippen molar-refractivity contribution in [3.63, 3.8) is 0 Å². The highest BCUT2D eigenvalue weighted by molar-refractivity contribution is 6.33. The first-order valence-electron chi connectivity index (χ1n) is 13.0. The van der Waals surface area contributed by atoms with Crippen LogP contribution in [0.25, 0.3) is 27.8 Å². The van der Waals surface area contributed by atoms with Gasteiger partial charge in [-0.1, -0.05) is 11.6 Å². The number of nitrogens with zero attached hydrogens (tertiary/aromatic N) is 8.